The van der Waals surface area contributed by atoms with E-state index in [4.69, 9.17) is 0 Å². The highest BCUT2D eigenvalue weighted by Gasteiger charge is 2.18. The molecule has 0 atom stereocenters. The molecule has 2 N–H and O–H groups in total. The quantitative estimate of drug-likeness (QED) is 0.681. The Morgan fingerprint density at radius 2 is 1.64 bits per heavy atom. The fourth-order valence-corrected chi connectivity index (χ4v) is 2.94. The van der Waals surface area contributed by atoms with Crippen LogP contribution in [0.5, 0.6) is 0 Å². The highest BCUT2D eigenvalue weighted by molar-refractivity contribution is 6.05. The number of fused-ring (bicyclic) bond motifs is 1. The zero-order valence-corrected chi connectivity index (χ0v) is 16.0. The van der Waals surface area contributed by atoms with Crippen LogP contribution in [0.4, 0.5) is 0 Å². The van der Waals surface area contributed by atoms with Gasteiger partial charge in [0.05, 0.1) is 17.8 Å². The molecule has 2 aromatic carbocycles. The number of carbonyl (C=O) groups excluding carboxylic acids is 2. The molecule has 0 aliphatic carbocycles. The van der Waals surface area contributed by atoms with E-state index in [-0.39, 0.29) is 29.6 Å². The molecule has 0 unspecified atom stereocenters. The molecule has 7 nitrogen and oxygen atoms in total. The van der Waals surface area contributed by atoms with E-state index in [1.54, 1.807) is 24.3 Å². The Hall–Kier alpha value is -3.48. The van der Waals surface area contributed by atoms with Gasteiger partial charge >= 0.3 is 0 Å². The normalized spacial score (nSPS) is 10.9. The van der Waals surface area contributed by atoms with Crippen molar-refractivity contribution in [3.8, 4) is 0 Å². The highest BCUT2D eigenvalue weighted by Crippen LogP contribution is 2.14. The van der Waals surface area contributed by atoms with E-state index < -0.39 is 5.91 Å². The van der Waals surface area contributed by atoms with Crippen LogP contribution in [0.3, 0.4) is 0 Å². The Morgan fingerprint density at radius 1 is 1.00 bits per heavy atom. The summed E-state index contributed by atoms with van der Waals surface area (Å²) < 4.78 is 1.27. The predicted octanol–water partition coefficient (Wildman–Crippen LogP) is 2.29. The van der Waals surface area contributed by atoms with Gasteiger partial charge in [-0.25, -0.2) is 4.68 Å². The maximum atomic E-state index is 12.7. The average molecular weight is 378 g/mol. The number of aryl methyl sites for hydroxylation is 1. The third kappa shape index (κ3) is 3.93. The summed E-state index contributed by atoms with van der Waals surface area (Å²) in [5, 5.41) is 5.06. The molecule has 3 aromatic rings. The van der Waals surface area contributed by atoms with Crippen molar-refractivity contribution in [1.82, 2.24) is 20.6 Å². The Morgan fingerprint density at radius 3 is 2.32 bits per heavy atom. The fourth-order valence-electron chi connectivity index (χ4n) is 2.94. The molecule has 7 heteroatoms. The van der Waals surface area contributed by atoms with Gasteiger partial charge in [0, 0.05) is 5.39 Å². The second-order valence-electron chi connectivity index (χ2n) is 6.84. The Kier molecular flexibility index (Phi) is 5.54. The van der Waals surface area contributed by atoms with Gasteiger partial charge in [-0.15, -0.1) is 0 Å². The van der Waals surface area contributed by atoms with Gasteiger partial charge in [0.1, 0.15) is 0 Å². The van der Waals surface area contributed by atoms with Crippen molar-refractivity contribution in [2.24, 2.45) is 0 Å². The second kappa shape index (κ2) is 8.04. The van der Waals surface area contributed by atoms with Crippen molar-refractivity contribution >= 4 is 22.6 Å². The van der Waals surface area contributed by atoms with Crippen molar-refractivity contribution < 1.29 is 9.59 Å². The Balaban J connectivity index is 1.82. The van der Waals surface area contributed by atoms with Gasteiger partial charge in [0.25, 0.3) is 11.5 Å². The van der Waals surface area contributed by atoms with Gasteiger partial charge in [-0.3, -0.25) is 25.2 Å². The van der Waals surface area contributed by atoms with Crippen LogP contribution in [0, 0.1) is 6.92 Å². The fraction of sp³-hybridized carbons (Fsp3) is 0.238. The highest BCUT2D eigenvalue weighted by atomic mass is 16.2. The topological polar surface area (TPSA) is 93.1 Å². The maximum Gasteiger partial charge on any atom is 0.290 e. The van der Waals surface area contributed by atoms with Crippen molar-refractivity contribution in [3.05, 3.63) is 75.7 Å². The van der Waals surface area contributed by atoms with Crippen LogP contribution >= 0.6 is 0 Å². The number of hydrogen-bond donors (Lipinski definition) is 2. The van der Waals surface area contributed by atoms with Crippen LogP contribution < -0.4 is 16.4 Å². The van der Waals surface area contributed by atoms with Crippen molar-refractivity contribution in [2.45, 2.75) is 33.2 Å². The van der Waals surface area contributed by atoms with Crippen LogP contribution in [-0.4, -0.2) is 21.6 Å². The third-order valence-corrected chi connectivity index (χ3v) is 4.46. The zero-order valence-electron chi connectivity index (χ0n) is 16.0. The number of aromatic nitrogens is 2. The average Bonchev–Trinajstić information content (AvgIpc) is 2.68. The molecule has 3 rings (SSSR count). The summed E-state index contributed by atoms with van der Waals surface area (Å²) in [4.78, 5) is 37.4. The van der Waals surface area contributed by atoms with Crippen LogP contribution in [0.25, 0.3) is 10.8 Å². The molecule has 0 fully saturated rings. The van der Waals surface area contributed by atoms with Crippen LogP contribution in [-0.2, 0) is 11.2 Å². The lowest BCUT2D eigenvalue weighted by molar-refractivity contribution is -0.121. The molecule has 1 aromatic heterocycles. The molecule has 144 valence electrons. The number of carbonyl (C=O) groups is 2. The molecular formula is C21H22N4O3. The number of rotatable bonds is 4. The maximum absolute atomic E-state index is 12.7. The first-order valence-corrected chi connectivity index (χ1v) is 9.03. The smallest absolute Gasteiger partial charge is 0.273 e. The van der Waals surface area contributed by atoms with Crippen molar-refractivity contribution in [1.29, 1.82) is 0 Å². The van der Waals surface area contributed by atoms with Gasteiger partial charge < -0.3 is 0 Å². The number of nitrogens with zero attached hydrogens (tertiary/aromatic N) is 2. The summed E-state index contributed by atoms with van der Waals surface area (Å²) in [6.45, 7) is 5.55. The predicted molar refractivity (Wildman–Crippen MR) is 107 cm³/mol. The summed E-state index contributed by atoms with van der Waals surface area (Å²) in [5.74, 6) is -0.923. The van der Waals surface area contributed by atoms with Gasteiger partial charge in [-0.05, 0) is 38.0 Å². The molecule has 0 bridgehead atoms. The molecule has 1 heterocycles. The Bertz CT molecular complexity index is 1100. The minimum absolute atomic E-state index is 0.0834. The standard InChI is InChI=1S/C21H22N4O3/c1-13(2)25-21(28)17-11-7-6-10-16(17)19(24-25)20(27)23-22-18(26)12-15-9-5-4-8-14(15)3/h4-11,13H,12H2,1-3H3,(H,22,26)(H,23,27). The van der Waals surface area contributed by atoms with Crippen LogP contribution in [0.2, 0.25) is 0 Å². The molecule has 0 aliphatic rings. The number of hydrogen-bond acceptors (Lipinski definition) is 4. The van der Waals surface area contributed by atoms with E-state index in [0.717, 1.165) is 11.1 Å². The van der Waals surface area contributed by atoms with E-state index in [1.807, 2.05) is 45.0 Å². The lowest BCUT2D eigenvalue weighted by Gasteiger charge is -2.14. The summed E-state index contributed by atoms with van der Waals surface area (Å²) in [5.41, 5.74) is 6.52. The molecule has 0 spiro atoms. The minimum Gasteiger partial charge on any atom is -0.273 e. The lowest BCUT2D eigenvalue weighted by atomic mass is 10.1. The van der Waals surface area contributed by atoms with Crippen molar-refractivity contribution in [2.75, 3.05) is 0 Å². The van der Waals surface area contributed by atoms with Gasteiger partial charge in [-0.1, -0.05) is 42.5 Å². The van der Waals surface area contributed by atoms with Gasteiger partial charge in [0.15, 0.2) is 5.69 Å². The van der Waals surface area contributed by atoms with E-state index >= 15 is 0 Å². The second-order valence-corrected chi connectivity index (χ2v) is 6.84. The number of nitrogens with one attached hydrogen (secondary N) is 2. The molecule has 28 heavy (non-hydrogen) atoms. The molecule has 0 aliphatic heterocycles. The van der Waals surface area contributed by atoms with Crippen LogP contribution in [0.1, 0.15) is 41.5 Å². The number of benzene rings is 2. The minimum atomic E-state index is -0.580. The lowest BCUT2D eigenvalue weighted by Crippen LogP contribution is -2.43. The van der Waals surface area contributed by atoms with E-state index in [1.165, 1.54) is 4.68 Å². The molecule has 0 radical (unpaired) electrons. The van der Waals surface area contributed by atoms with Crippen molar-refractivity contribution in [3.63, 3.8) is 0 Å². The van der Waals surface area contributed by atoms with E-state index in [9.17, 15) is 14.4 Å². The summed E-state index contributed by atoms with van der Waals surface area (Å²) in [6, 6.07) is 14.1. The SMILES string of the molecule is Cc1ccccc1CC(=O)NNC(=O)c1nn(C(C)C)c(=O)c2ccccc12. The first kappa shape index (κ1) is 19.3. The molecule has 2 amide bonds. The zero-order chi connectivity index (χ0) is 20.3. The van der Waals surface area contributed by atoms with E-state index in [2.05, 4.69) is 16.0 Å². The third-order valence-electron chi connectivity index (χ3n) is 4.46. The van der Waals surface area contributed by atoms with Gasteiger partial charge in [0.2, 0.25) is 5.91 Å². The Labute approximate surface area is 162 Å². The summed E-state index contributed by atoms with van der Waals surface area (Å²) in [7, 11) is 0. The molecule has 0 saturated carbocycles. The summed E-state index contributed by atoms with van der Waals surface area (Å²) in [6.07, 6.45) is 0.145. The first-order chi connectivity index (χ1) is 13.4. The number of hydrazine groups is 1. The largest absolute Gasteiger partial charge is 0.290 e. The molecule has 0 saturated heterocycles. The monoisotopic (exact) mass is 378 g/mol. The molecular weight excluding hydrogens is 356 g/mol. The van der Waals surface area contributed by atoms with E-state index in [0.29, 0.717) is 10.8 Å². The van der Waals surface area contributed by atoms with Gasteiger partial charge in [-0.2, -0.15) is 5.10 Å². The first-order valence-electron chi connectivity index (χ1n) is 9.03. The summed E-state index contributed by atoms with van der Waals surface area (Å²) >= 11 is 0. The van der Waals surface area contributed by atoms with Crippen LogP contribution in [0.15, 0.2) is 53.3 Å². The number of amides is 2.